The van der Waals surface area contributed by atoms with Gasteiger partial charge in [0.2, 0.25) is 19.4 Å². The zero-order valence-corrected chi connectivity index (χ0v) is 19.5. The summed E-state index contributed by atoms with van der Waals surface area (Å²) in [5.74, 6) is -0.214. The molecule has 0 bridgehead atoms. The van der Waals surface area contributed by atoms with Gasteiger partial charge in [-0.1, -0.05) is 13.0 Å². The van der Waals surface area contributed by atoms with Gasteiger partial charge in [0.05, 0.1) is 18.4 Å². The predicted octanol–water partition coefficient (Wildman–Crippen LogP) is 3.11. The molecule has 0 saturated carbocycles. The molecule has 1 aromatic carbocycles. The Balaban J connectivity index is 1.74. The monoisotopic (exact) mass is 471 g/mol. The molecular formula is C21H21N5O4S2. The Morgan fingerprint density at radius 1 is 1.25 bits per heavy atom. The van der Waals surface area contributed by atoms with Crippen molar-refractivity contribution in [2.75, 3.05) is 12.9 Å². The first-order valence-corrected chi connectivity index (χ1v) is 12.2. The van der Waals surface area contributed by atoms with Crippen molar-refractivity contribution in [2.45, 2.75) is 20.8 Å². The molecule has 1 aromatic heterocycles. The number of thioether (sulfide) groups is 1. The number of amidine groups is 2. The average molecular weight is 472 g/mol. The number of aryl methyl sites for hydroxylation is 1. The lowest BCUT2D eigenvalue weighted by atomic mass is 10.1. The standard InChI is InChI=1S/C21H21N5O4S2/c1-5-32(28,29)21-24-26-18(22)17(19(27)23-20(26)31-21)10-14-9-12(2)25(13(14)3)15-7-6-8-16(11-15)30-4/h6-11,22H,5H2,1-4H3/b17-10-,22-18?. The summed E-state index contributed by atoms with van der Waals surface area (Å²) in [6.07, 6.45) is 1.59. The SMILES string of the molecule is CCS(=O)(=O)C1=NN2C(=N)/C(=C/c3cc(C)n(-c4cccc(OC)c4)c3C)C(=O)N=C2S1. The number of nitrogens with zero attached hydrogens (tertiary/aromatic N) is 4. The maximum Gasteiger partial charge on any atom is 0.283 e. The molecule has 11 heteroatoms. The summed E-state index contributed by atoms with van der Waals surface area (Å²) < 4.78 is 31.5. The number of nitrogens with one attached hydrogen (secondary N) is 1. The first kappa shape index (κ1) is 22.0. The average Bonchev–Trinajstić information content (AvgIpc) is 3.32. The van der Waals surface area contributed by atoms with E-state index >= 15 is 0 Å². The lowest BCUT2D eigenvalue weighted by molar-refractivity contribution is -0.114. The van der Waals surface area contributed by atoms with E-state index in [1.54, 1.807) is 13.2 Å². The van der Waals surface area contributed by atoms with E-state index in [0.717, 1.165) is 45.2 Å². The first-order chi connectivity index (χ1) is 15.2. The zero-order valence-electron chi connectivity index (χ0n) is 17.9. The van der Waals surface area contributed by atoms with Gasteiger partial charge in [0.25, 0.3) is 5.91 Å². The summed E-state index contributed by atoms with van der Waals surface area (Å²) >= 11 is 0.786. The Morgan fingerprint density at radius 3 is 2.69 bits per heavy atom. The van der Waals surface area contributed by atoms with Gasteiger partial charge in [0, 0.05) is 23.1 Å². The van der Waals surface area contributed by atoms with Crippen molar-refractivity contribution in [2.24, 2.45) is 10.1 Å². The molecule has 1 N–H and O–H groups in total. The van der Waals surface area contributed by atoms with Crippen molar-refractivity contribution < 1.29 is 17.9 Å². The van der Waals surface area contributed by atoms with E-state index in [4.69, 9.17) is 10.1 Å². The number of methoxy groups -OCH3 is 1. The van der Waals surface area contributed by atoms with Crippen LogP contribution in [0, 0.1) is 19.3 Å². The Hall–Kier alpha value is -3.18. The number of carbonyl (C=O) groups is 1. The molecule has 2 aliphatic rings. The van der Waals surface area contributed by atoms with Gasteiger partial charge in [-0.2, -0.15) is 10.0 Å². The quantitative estimate of drug-likeness (QED) is 0.685. The van der Waals surface area contributed by atoms with Crippen LogP contribution in [0.3, 0.4) is 0 Å². The van der Waals surface area contributed by atoms with Gasteiger partial charge in [-0.15, -0.1) is 5.10 Å². The molecular weight excluding hydrogens is 450 g/mol. The van der Waals surface area contributed by atoms with E-state index in [1.165, 1.54) is 6.92 Å². The van der Waals surface area contributed by atoms with Gasteiger partial charge in [-0.3, -0.25) is 10.2 Å². The van der Waals surface area contributed by atoms with E-state index in [-0.39, 0.29) is 26.7 Å². The summed E-state index contributed by atoms with van der Waals surface area (Å²) in [5.41, 5.74) is 3.50. The topological polar surface area (TPSA) is 117 Å². The Morgan fingerprint density at radius 2 is 2.00 bits per heavy atom. The molecule has 0 radical (unpaired) electrons. The molecule has 2 aliphatic heterocycles. The van der Waals surface area contributed by atoms with Gasteiger partial charge in [0.1, 0.15) is 5.75 Å². The molecule has 166 valence electrons. The van der Waals surface area contributed by atoms with Gasteiger partial charge < -0.3 is 9.30 Å². The molecule has 0 saturated heterocycles. The van der Waals surface area contributed by atoms with Gasteiger partial charge in [-0.25, -0.2) is 8.42 Å². The van der Waals surface area contributed by atoms with Crippen molar-refractivity contribution in [1.82, 2.24) is 9.58 Å². The van der Waals surface area contributed by atoms with Gasteiger partial charge in [-0.05, 0) is 55.4 Å². The van der Waals surface area contributed by atoms with Crippen LogP contribution >= 0.6 is 11.8 Å². The highest BCUT2D eigenvalue weighted by molar-refractivity contribution is 8.42. The van der Waals surface area contributed by atoms with Crippen molar-refractivity contribution in [3.05, 3.63) is 52.9 Å². The van der Waals surface area contributed by atoms with Crippen LogP contribution in [0.25, 0.3) is 11.8 Å². The number of amides is 1. The van der Waals surface area contributed by atoms with Crippen LogP contribution in [0.5, 0.6) is 5.75 Å². The molecule has 4 rings (SSSR count). The van der Waals surface area contributed by atoms with Crippen molar-refractivity contribution in [3.8, 4) is 11.4 Å². The minimum Gasteiger partial charge on any atom is -0.497 e. The summed E-state index contributed by atoms with van der Waals surface area (Å²) in [6, 6.07) is 9.53. The predicted molar refractivity (Wildman–Crippen MR) is 126 cm³/mol. The second-order valence-corrected chi connectivity index (χ2v) is 10.6. The third kappa shape index (κ3) is 3.67. The summed E-state index contributed by atoms with van der Waals surface area (Å²) in [7, 11) is -1.96. The smallest absolute Gasteiger partial charge is 0.283 e. The van der Waals surface area contributed by atoms with E-state index in [0.29, 0.717) is 0 Å². The molecule has 0 fully saturated rings. The number of hydrogen-bond acceptors (Lipinski definition) is 7. The number of ether oxygens (including phenoxy) is 1. The van der Waals surface area contributed by atoms with Crippen LogP contribution < -0.4 is 4.74 Å². The molecule has 3 heterocycles. The van der Waals surface area contributed by atoms with Gasteiger partial charge >= 0.3 is 0 Å². The van der Waals surface area contributed by atoms with Crippen LogP contribution in [0.1, 0.15) is 23.9 Å². The van der Waals surface area contributed by atoms with Crippen molar-refractivity contribution in [3.63, 3.8) is 0 Å². The molecule has 9 nitrogen and oxygen atoms in total. The maximum atomic E-state index is 12.7. The molecule has 0 spiro atoms. The van der Waals surface area contributed by atoms with Crippen molar-refractivity contribution >= 4 is 49.0 Å². The second kappa shape index (κ2) is 8.06. The normalized spacial score (nSPS) is 17.5. The van der Waals surface area contributed by atoms with Gasteiger partial charge in [0.15, 0.2) is 5.84 Å². The van der Waals surface area contributed by atoms with Crippen molar-refractivity contribution in [1.29, 1.82) is 5.41 Å². The fourth-order valence-corrected chi connectivity index (χ4v) is 5.62. The number of benzene rings is 1. The van der Waals surface area contributed by atoms with E-state index in [2.05, 4.69) is 10.1 Å². The van der Waals surface area contributed by atoms with Crippen LogP contribution in [0.15, 0.2) is 46.0 Å². The second-order valence-electron chi connectivity index (χ2n) is 7.15. The fraction of sp³-hybridized carbons (Fsp3) is 0.238. The lowest BCUT2D eigenvalue weighted by Gasteiger charge is -2.20. The van der Waals surface area contributed by atoms with Crippen LogP contribution in [0.2, 0.25) is 0 Å². The highest BCUT2D eigenvalue weighted by atomic mass is 32.3. The number of fused-ring (bicyclic) bond motifs is 1. The number of carbonyl (C=O) groups excluding carboxylic acids is 1. The van der Waals surface area contributed by atoms with E-state index in [9.17, 15) is 13.2 Å². The first-order valence-electron chi connectivity index (χ1n) is 9.72. The van der Waals surface area contributed by atoms with Crippen LogP contribution in [0.4, 0.5) is 0 Å². The lowest BCUT2D eigenvalue weighted by Crippen LogP contribution is -2.35. The van der Waals surface area contributed by atoms with Crippen LogP contribution in [-0.2, 0) is 14.6 Å². The third-order valence-electron chi connectivity index (χ3n) is 5.16. The Labute approximate surface area is 189 Å². The summed E-state index contributed by atoms with van der Waals surface area (Å²) in [4.78, 5) is 16.6. The number of hydrazone groups is 1. The van der Waals surface area contributed by atoms with E-state index < -0.39 is 15.7 Å². The summed E-state index contributed by atoms with van der Waals surface area (Å²) in [6.45, 7) is 5.37. The Bertz CT molecular complexity index is 1350. The maximum absolute atomic E-state index is 12.7. The highest BCUT2D eigenvalue weighted by Crippen LogP contribution is 2.31. The molecule has 0 unspecified atom stereocenters. The van der Waals surface area contributed by atoms with Crippen LogP contribution in [-0.4, -0.2) is 52.1 Å². The fourth-order valence-electron chi connectivity index (χ4n) is 3.46. The number of sulfone groups is 1. The Kier molecular flexibility index (Phi) is 5.55. The highest BCUT2D eigenvalue weighted by Gasteiger charge is 2.39. The molecule has 0 atom stereocenters. The minimum absolute atomic E-state index is 0.0409. The number of aliphatic imine (C=N–C) groups is 1. The number of aromatic nitrogens is 1. The zero-order chi connectivity index (χ0) is 23.2. The third-order valence-corrected chi connectivity index (χ3v) is 8.25. The number of hydrogen-bond donors (Lipinski definition) is 1. The molecule has 32 heavy (non-hydrogen) atoms. The molecule has 2 aromatic rings. The summed E-state index contributed by atoms with van der Waals surface area (Å²) in [5, 5.41) is 13.7. The molecule has 1 amide bonds. The number of rotatable bonds is 4. The molecule has 0 aliphatic carbocycles. The van der Waals surface area contributed by atoms with E-state index in [1.807, 2.05) is 48.7 Å². The largest absolute Gasteiger partial charge is 0.497 e. The minimum atomic E-state index is -3.57.